The second-order valence-electron chi connectivity index (χ2n) is 18.3. The largest absolute Gasteiger partial charge is 0.530 e. The quantitative estimate of drug-likeness (QED) is 0.0389. The molecule has 6 atom stereocenters. The van der Waals surface area contributed by atoms with Gasteiger partial charge < -0.3 is 29.2 Å². The molecule has 6 rings (SSSR count). The maximum Gasteiger partial charge on any atom is 0.530 e. The van der Waals surface area contributed by atoms with Crippen molar-refractivity contribution in [2.75, 3.05) is 18.9 Å². The van der Waals surface area contributed by atoms with E-state index in [1.165, 1.54) is 102 Å². The van der Waals surface area contributed by atoms with Crippen LogP contribution in [0, 0.1) is 17.1 Å². The Labute approximate surface area is 395 Å². The Bertz CT molecular complexity index is 2220. The van der Waals surface area contributed by atoms with Crippen molar-refractivity contribution in [3.05, 3.63) is 88.6 Å². The summed E-state index contributed by atoms with van der Waals surface area (Å²) in [5.41, 5.74) is 7.00. The third-order valence-electron chi connectivity index (χ3n) is 12.5. The highest BCUT2D eigenvalue weighted by molar-refractivity contribution is 7.48. The molecule has 0 aliphatic carbocycles. The lowest BCUT2D eigenvalue weighted by Crippen LogP contribution is -2.39. The highest BCUT2D eigenvalue weighted by Crippen LogP contribution is 2.54. The summed E-state index contributed by atoms with van der Waals surface area (Å²) >= 11 is 6.50. The van der Waals surface area contributed by atoms with Crippen LogP contribution in [0.25, 0.3) is 5.52 Å². The Kier molecular flexibility index (Phi) is 19.7. The summed E-state index contributed by atoms with van der Waals surface area (Å²) in [4.78, 5) is 4.12. The molecule has 1 unspecified atom stereocenters. The molecule has 0 radical (unpaired) electrons. The molecule has 2 aromatic carbocycles. The van der Waals surface area contributed by atoms with Gasteiger partial charge in [-0.3, -0.25) is 9.05 Å². The fraction of sp³-hybridized carbons (Fsp3) is 0.620. The number of hydrogen-bond acceptors (Lipinski definition) is 12. The Hall–Kier alpha value is -3.64. The van der Waals surface area contributed by atoms with Gasteiger partial charge >= 0.3 is 7.82 Å². The normalized spacial score (nSPS) is 21.4. The van der Waals surface area contributed by atoms with Gasteiger partial charge in [0.05, 0.1) is 48.3 Å². The third-order valence-corrected chi connectivity index (χ3v) is 14.2. The third kappa shape index (κ3) is 14.7. The van der Waals surface area contributed by atoms with Crippen molar-refractivity contribution < 1.29 is 41.5 Å². The molecule has 0 amide bonds. The van der Waals surface area contributed by atoms with Crippen molar-refractivity contribution in [1.82, 2.24) is 14.6 Å². The number of anilines is 1. The van der Waals surface area contributed by atoms with E-state index in [1.807, 2.05) is 39.0 Å². The molecule has 2 N–H and O–H groups in total. The molecule has 2 aliphatic heterocycles. The molecule has 13 nitrogen and oxygen atoms in total. The number of unbranched alkanes of at least 4 members (excludes halogenated alkanes) is 16. The second kappa shape index (κ2) is 25.1. The predicted octanol–water partition coefficient (Wildman–Crippen LogP) is 13.0. The van der Waals surface area contributed by atoms with Crippen molar-refractivity contribution in [2.24, 2.45) is 0 Å². The van der Waals surface area contributed by atoms with Gasteiger partial charge in [0, 0.05) is 0 Å². The minimum Gasteiger partial charge on any atom is -0.402 e. The number of nitrogens with zero attached hydrogens (tertiary/aromatic N) is 4. The minimum absolute atomic E-state index is 0.00559. The van der Waals surface area contributed by atoms with Crippen LogP contribution in [0.2, 0.25) is 5.02 Å². The van der Waals surface area contributed by atoms with Crippen LogP contribution in [0.5, 0.6) is 5.75 Å². The first-order valence-electron chi connectivity index (χ1n) is 24.1. The lowest BCUT2D eigenvalue weighted by atomic mass is 9.93. The van der Waals surface area contributed by atoms with E-state index in [0.29, 0.717) is 29.0 Å². The molecule has 16 heteroatoms. The standard InChI is InChI=1S/C50H70ClFN5O8P/c1-5-6-7-8-9-10-11-12-13-14-15-16-17-18-19-20-21-24-40(59-33-38-29-37(32-53)30-39(52)31-38)34-60-66(58,65-43-26-23-22-25-41(43)51)61-35-44-46-47(64-49(2,3)63-46)50(4,62-44)45-28-27-42-48(54)55-36-56-57(42)45/h22-23,25-31,36,40,44,46-47H,5-21,24,33-35H2,1-4H3,(H2,54,55,56)/t40-,44-,46-,47-,50+,66?/m1/s1. The molecule has 0 spiro atoms. The molecule has 2 aliphatic rings. The zero-order chi connectivity index (χ0) is 47.0. The number of ether oxygens (including phenoxy) is 4. The van der Waals surface area contributed by atoms with Crippen LogP contribution < -0.4 is 10.3 Å². The summed E-state index contributed by atoms with van der Waals surface area (Å²) < 4.78 is 75.1. The van der Waals surface area contributed by atoms with E-state index in [4.69, 9.17) is 49.9 Å². The van der Waals surface area contributed by atoms with Gasteiger partial charge in [0.15, 0.2) is 11.6 Å². The Balaban J connectivity index is 1.07. The number of nitrogens with two attached hydrogens (primary N) is 1. The van der Waals surface area contributed by atoms with Crippen LogP contribution in [0.1, 0.15) is 160 Å². The fourth-order valence-corrected chi connectivity index (χ4v) is 10.5. The number of benzene rings is 2. The van der Waals surface area contributed by atoms with Gasteiger partial charge in [-0.2, -0.15) is 10.4 Å². The van der Waals surface area contributed by atoms with Crippen LogP contribution in [-0.4, -0.2) is 58.0 Å². The summed E-state index contributed by atoms with van der Waals surface area (Å²) in [6.45, 7) is 7.33. The molecule has 4 aromatic rings. The lowest BCUT2D eigenvalue weighted by molar-refractivity contribution is -0.212. The molecule has 66 heavy (non-hydrogen) atoms. The number of rotatable bonds is 30. The average molecular weight is 955 g/mol. The van der Waals surface area contributed by atoms with Crippen molar-refractivity contribution >= 4 is 30.8 Å². The summed E-state index contributed by atoms with van der Waals surface area (Å²) in [5.74, 6) is -1.09. The van der Waals surface area contributed by atoms with E-state index in [-0.39, 0.29) is 36.2 Å². The molecular weight excluding hydrogens is 884 g/mol. The molecule has 2 saturated heterocycles. The van der Waals surface area contributed by atoms with Crippen molar-refractivity contribution in [1.29, 1.82) is 5.26 Å². The molecule has 362 valence electrons. The summed E-state index contributed by atoms with van der Waals surface area (Å²) in [5, 5.41) is 14.1. The molecule has 2 aromatic heterocycles. The van der Waals surface area contributed by atoms with Gasteiger partial charge in [-0.05, 0) is 75.2 Å². The van der Waals surface area contributed by atoms with Gasteiger partial charge in [0.25, 0.3) is 0 Å². The first-order chi connectivity index (χ1) is 31.8. The van der Waals surface area contributed by atoms with E-state index in [2.05, 4.69) is 17.0 Å². The van der Waals surface area contributed by atoms with Crippen LogP contribution in [0.4, 0.5) is 10.2 Å². The number of halogens is 2. The van der Waals surface area contributed by atoms with Crippen molar-refractivity contribution in [3.8, 4) is 11.8 Å². The topological polar surface area (TPSA) is 162 Å². The Morgan fingerprint density at radius 2 is 1.53 bits per heavy atom. The highest BCUT2D eigenvalue weighted by atomic mass is 35.5. The van der Waals surface area contributed by atoms with Crippen LogP contribution in [0.15, 0.2) is 60.9 Å². The van der Waals surface area contributed by atoms with E-state index in [0.717, 1.165) is 25.7 Å². The van der Waals surface area contributed by atoms with Crippen LogP contribution in [-0.2, 0) is 44.8 Å². The first kappa shape index (κ1) is 51.7. The second-order valence-corrected chi connectivity index (χ2v) is 20.3. The van der Waals surface area contributed by atoms with Gasteiger partial charge in [0.2, 0.25) is 0 Å². The van der Waals surface area contributed by atoms with Gasteiger partial charge in [-0.25, -0.2) is 18.5 Å². The maximum absolute atomic E-state index is 14.8. The van der Waals surface area contributed by atoms with Gasteiger partial charge in [-0.1, -0.05) is 140 Å². The van der Waals surface area contributed by atoms with E-state index >= 15 is 0 Å². The number of phosphoric ester groups is 1. The lowest BCUT2D eigenvalue weighted by Gasteiger charge is -2.31. The predicted molar refractivity (Wildman–Crippen MR) is 254 cm³/mol. The van der Waals surface area contributed by atoms with E-state index < -0.39 is 49.4 Å². The van der Waals surface area contributed by atoms with Gasteiger partial charge in [0.1, 0.15) is 47.3 Å². The number of hydrogen-bond donors (Lipinski definition) is 1. The molecule has 4 heterocycles. The average Bonchev–Trinajstić information content (AvgIpc) is 3.96. The first-order valence-corrected chi connectivity index (χ1v) is 25.9. The van der Waals surface area contributed by atoms with Gasteiger partial charge in [-0.15, -0.1) is 0 Å². The fourth-order valence-electron chi connectivity index (χ4n) is 8.99. The molecule has 0 bridgehead atoms. The highest BCUT2D eigenvalue weighted by Gasteiger charge is 2.62. The maximum atomic E-state index is 14.8. The number of phosphoric acid groups is 1. The Morgan fingerprint density at radius 1 is 0.879 bits per heavy atom. The summed E-state index contributed by atoms with van der Waals surface area (Å²) in [6, 6.07) is 16.4. The van der Waals surface area contributed by atoms with Crippen molar-refractivity contribution in [3.63, 3.8) is 0 Å². The summed E-state index contributed by atoms with van der Waals surface area (Å²) in [7, 11) is -4.47. The minimum atomic E-state index is -4.47. The van der Waals surface area contributed by atoms with Crippen LogP contribution >= 0.6 is 19.4 Å². The number of para-hydroxylation sites is 1. The zero-order valence-corrected chi connectivity index (χ0v) is 40.9. The van der Waals surface area contributed by atoms with E-state index in [1.54, 1.807) is 34.8 Å². The van der Waals surface area contributed by atoms with E-state index in [9.17, 15) is 14.2 Å². The monoisotopic (exact) mass is 953 g/mol. The summed E-state index contributed by atoms with van der Waals surface area (Å²) in [6.07, 6.45) is 20.7. The Morgan fingerprint density at radius 3 is 2.18 bits per heavy atom. The van der Waals surface area contributed by atoms with Crippen molar-refractivity contribution in [2.45, 2.75) is 186 Å². The van der Waals surface area contributed by atoms with Crippen LogP contribution in [0.3, 0.4) is 0 Å². The SMILES string of the molecule is CCCCCCCCCCCCCCCCCCC[C@H](COP(=O)(OC[C@H]1O[C@@](C)(c2ccc3c(N)ncnn23)[C@@H]2OC(C)(C)O[C@@H]21)Oc1ccccc1Cl)OCc1cc(F)cc(C#N)c1. The number of nitriles is 1. The molecule has 0 saturated carbocycles. The zero-order valence-electron chi connectivity index (χ0n) is 39.3. The number of nitrogen functional groups attached to an aromatic ring is 1. The number of fused-ring (bicyclic) bond motifs is 2. The number of aromatic nitrogens is 3. The smallest absolute Gasteiger partial charge is 0.402 e. The molecular formula is C50H70ClFN5O8P. The molecule has 2 fully saturated rings.